The molecule has 0 saturated carbocycles. The van der Waals surface area contributed by atoms with Gasteiger partial charge in [-0.2, -0.15) is 0 Å². The Morgan fingerprint density at radius 3 is 2.67 bits per heavy atom. The molecular formula is C17H15FN2O. The molecule has 0 spiro atoms. The molecule has 1 heterocycles. The highest BCUT2D eigenvalue weighted by molar-refractivity contribution is 6.08. The molecule has 0 fully saturated rings. The van der Waals surface area contributed by atoms with Gasteiger partial charge in [0.25, 0.3) is 5.91 Å². The van der Waals surface area contributed by atoms with E-state index in [0.29, 0.717) is 28.7 Å². The lowest BCUT2D eigenvalue weighted by Crippen LogP contribution is -2.23. The maximum absolute atomic E-state index is 14.0. The second-order valence-electron chi connectivity index (χ2n) is 4.96. The average Bonchev–Trinajstić information content (AvgIpc) is 2.83. The van der Waals surface area contributed by atoms with Crippen molar-refractivity contribution in [2.24, 2.45) is 0 Å². The monoisotopic (exact) mass is 282 g/mol. The SMILES string of the molecule is Cc1[nH]c2cccc(F)c2c1C(=O)NCc1ccccc1. The van der Waals surface area contributed by atoms with Crippen LogP contribution in [0.4, 0.5) is 4.39 Å². The largest absolute Gasteiger partial charge is 0.358 e. The van der Waals surface area contributed by atoms with Gasteiger partial charge in [-0.25, -0.2) is 4.39 Å². The van der Waals surface area contributed by atoms with Gasteiger partial charge in [-0.15, -0.1) is 0 Å². The Morgan fingerprint density at radius 2 is 1.90 bits per heavy atom. The second-order valence-corrected chi connectivity index (χ2v) is 4.96. The summed E-state index contributed by atoms with van der Waals surface area (Å²) in [6.45, 7) is 2.19. The maximum Gasteiger partial charge on any atom is 0.254 e. The quantitative estimate of drug-likeness (QED) is 0.758. The minimum atomic E-state index is -0.387. The molecule has 0 saturated heterocycles. The molecule has 106 valence electrons. The van der Waals surface area contributed by atoms with E-state index in [1.807, 2.05) is 30.3 Å². The van der Waals surface area contributed by atoms with Gasteiger partial charge in [0.2, 0.25) is 0 Å². The molecule has 0 unspecified atom stereocenters. The summed E-state index contributed by atoms with van der Waals surface area (Å²) in [5.74, 6) is -0.658. The van der Waals surface area contributed by atoms with Crippen LogP contribution in [-0.4, -0.2) is 10.9 Å². The number of aromatic amines is 1. The fraction of sp³-hybridized carbons (Fsp3) is 0.118. The molecule has 3 rings (SSSR count). The average molecular weight is 282 g/mol. The molecule has 4 heteroatoms. The number of amides is 1. The van der Waals surface area contributed by atoms with E-state index in [9.17, 15) is 9.18 Å². The number of aryl methyl sites for hydroxylation is 1. The van der Waals surface area contributed by atoms with Crippen LogP contribution in [0.15, 0.2) is 48.5 Å². The second kappa shape index (κ2) is 5.40. The number of carbonyl (C=O) groups is 1. The summed E-state index contributed by atoms with van der Waals surface area (Å²) in [6.07, 6.45) is 0. The van der Waals surface area contributed by atoms with Gasteiger partial charge in [0.15, 0.2) is 0 Å². The number of halogens is 1. The third-order valence-corrected chi connectivity index (χ3v) is 3.48. The Balaban J connectivity index is 1.90. The number of rotatable bonds is 3. The summed E-state index contributed by atoms with van der Waals surface area (Å²) in [6, 6.07) is 14.4. The lowest BCUT2D eigenvalue weighted by Gasteiger charge is -2.06. The minimum absolute atomic E-state index is 0.271. The zero-order valence-electron chi connectivity index (χ0n) is 11.6. The first-order valence-electron chi connectivity index (χ1n) is 6.75. The van der Waals surface area contributed by atoms with Crippen LogP contribution < -0.4 is 5.32 Å². The van der Waals surface area contributed by atoms with E-state index < -0.39 is 0 Å². The van der Waals surface area contributed by atoms with Crippen LogP contribution in [0.25, 0.3) is 10.9 Å². The summed E-state index contributed by atoms with van der Waals surface area (Å²) in [4.78, 5) is 15.4. The first-order chi connectivity index (χ1) is 10.2. The topological polar surface area (TPSA) is 44.9 Å². The fourth-order valence-electron chi connectivity index (χ4n) is 2.48. The van der Waals surface area contributed by atoms with Crippen molar-refractivity contribution in [1.29, 1.82) is 0 Å². The van der Waals surface area contributed by atoms with Crippen molar-refractivity contribution in [1.82, 2.24) is 10.3 Å². The third kappa shape index (κ3) is 2.52. The molecule has 0 aliphatic rings. The van der Waals surface area contributed by atoms with E-state index in [1.54, 1.807) is 19.1 Å². The number of hydrogen-bond donors (Lipinski definition) is 2. The molecule has 0 atom stereocenters. The molecule has 0 radical (unpaired) electrons. The molecule has 1 amide bonds. The van der Waals surface area contributed by atoms with E-state index in [-0.39, 0.29) is 11.7 Å². The first-order valence-corrected chi connectivity index (χ1v) is 6.75. The lowest BCUT2D eigenvalue weighted by atomic mass is 10.1. The van der Waals surface area contributed by atoms with Crippen molar-refractivity contribution in [2.45, 2.75) is 13.5 Å². The third-order valence-electron chi connectivity index (χ3n) is 3.48. The molecule has 0 bridgehead atoms. The minimum Gasteiger partial charge on any atom is -0.358 e. The molecule has 3 nitrogen and oxygen atoms in total. The van der Waals surface area contributed by atoms with Crippen LogP contribution in [0, 0.1) is 12.7 Å². The molecule has 0 aliphatic carbocycles. The Morgan fingerprint density at radius 1 is 1.14 bits per heavy atom. The van der Waals surface area contributed by atoms with Crippen molar-refractivity contribution in [3.8, 4) is 0 Å². The van der Waals surface area contributed by atoms with Crippen molar-refractivity contribution in [2.75, 3.05) is 0 Å². The van der Waals surface area contributed by atoms with E-state index in [1.165, 1.54) is 6.07 Å². The Labute approximate surface area is 121 Å². The Kier molecular flexibility index (Phi) is 3.44. The number of benzene rings is 2. The standard InChI is InChI=1S/C17H15FN2O/c1-11-15(16-13(18)8-5-9-14(16)20-11)17(21)19-10-12-6-3-2-4-7-12/h2-9,20H,10H2,1H3,(H,19,21). The van der Waals surface area contributed by atoms with Crippen LogP contribution >= 0.6 is 0 Å². The summed E-state index contributed by atoms with van der Waals surface area (Å²) >= 11 is 0. The van der Waals surface area contributed by atoms with Gasteiger partial charge >= 0.3 is 0 Å². The van der Waals surface area contributed by atoms with Gasteiger partial charge in [0, 0.05) is 23.1 Å². The zero-order chi connectivity index (χ0) is 14.8. The van der Waals surface area contributed by atoms with Gasteiger partial charge in [-0.3, -0.25) is 4.79 Å². The summed E-state index contributed by atoms with van der Waals surface area (Å²) in [5, 5.41) is 3.18. The highest BCUT2D eigenvalue weighted by Gasteiger charge is 2.18. The van der Waals surface area contributed by atoms with Crippen LogP contribution in [0.3, 0.4) is 0 Å². The predicted octanol–water partition coefficient (Wildman–Crippen LogP) is 3.55. The molecule has 0 aliphatic heterocycles. The highest BCUT2D eigenvalue weighted by atomic mass is 19.1. The highest BCUT2D eigenvalue weighted by Crippen LogP contribution is 2.24. The van der Waals surface area contributed by atoms with Crippen molar-refractivity contribution in [3.05, 3.63) is 71.2 Å². The van der Waals surface area contributed by atoms with Gasteiger partial charge in [-0.05, 0) is 24.6 Å². The maximum atomic E-state index is 14.0. The van der Waals surface area contributed by atoms with E-state index in [2.05, 4.69) is 10.3 Å². The molecular weight excluding hydrogens is 267 g/mol. The lowest BCUT2D eigenvalue weighted by molar-refractivity contribution is 0.0951. The van der Waals surface area contributed by atoms with Crippen LogP contribution in [0.5, 0.6) is 0 Å². The molecule has 2 N–H and O–H groups in total. The number of aromatic nitrogens is 1. The zero-order valence-corrected chi connectivity index (χ0v) is 11.6. The summed E-state index contributed by atoms with van der Waals surface area (Å²) in [7, 11) is 0. The summed E-state index contributed by atoms with van der Waals surface area (Å²) in [5.41, 5.74) is 2.68. The smallest absolute Gasteiger partial charge is 0.254 e. The number of hydrogen-bond acceptors (Lipinski definition) is 1. The Hall–Kier alpha value is -2.62. The molecule has 1 aromatic heterocycles. The van der Waals surface area contributed by atoms with Gasteiger partial charge in [-0.1, -0.05) is 36.4 Å². The summed E-state index contributed by atoms with van der Waals surface area (Å²) < 4.78 is 14.0. The number of fused-ring (bicyclic) bond motifs is 1. The fourth-order valence-corrected chi connectivity index (χ4v) is 2.48. The molecule has 2 aromatic carbocycles. The van der Waals surface area contributed by atoms with E-state index >= 15 is 0 Å². The van der Waals surface area contributed by atoms with Crippen LogP contribution in [0.1, 0.15) is 21.6 Å². The van der Waals surface area contributed by atoms with Crippen molar-refractivity contribution in [3.63, 3.8) is 0 Å². The normalized spacial score (nSPS) is 10.8. The van der Waals surface area contributed by atoms with Crippen LogP contribution in [-0.2, 0) is 6.54 Å². The van der Waals surface area contributed by atoms with Gasteiger partial charge in [0.05, 0.1) is 5.56 Å². The van der Waals surface area contributed by atoms with E-state index in [0.717, 1.165) is 5.56 Å². The van der Waals surface area contributed by atoms with Gasteiger partial charge in [0.1, 0.15) is 5.82 Å². The number of nitrogens with one attached hydrogen (secondary N) is 2. The van der Waals surface area contributed by atoms with Crippen LogP contribution in [0.2, 0.25) is 0 Å². The van der Waals surface area contributed by atoms with E-state index in [4.69, 9.17) is 0 Å². The predicted molar refractivity (Wildman–Crippen MR) is 80.6 cm³/mol. The first kappa shape index (κ1) is 13.4. The molecule has 21 heavy (non-hydrogen) atoms. The molecule has 3 aromatic rings. The van der Waals surface area contributed by atoms with Crippen molar-refractivity contribution < 1.29 is 9.18 Å². The van der Waals surface area contributed by atoms with Crippen molar-refractivity contribution >= 4 is 16.8 Å². The Bertz CT molecular complexity index is 793. The number of carbonyl (C=O) groups excluding carboxylic acids is 1. The van der Waals surface area contributed by atoms with Gasteiger partial charge < -0.3 is 10.3 Å². The number of H-pyrrole nitrogens is 1.